The summed E-state index contributed by atoms with van der Waals surface area (Å²) in [7, 11) is 3.83. The lowest BCUT2D eigenvalue weighted by Gasteiger charge is -2.26. The first-order valence-corrected chi connectivity index (χ1v) is 8.88. The van der Waals surface area contributed by atoms with Gasteiger partial charge in [-0.1, -0.05) is 12.1 Å². The van der Waals surface area contributed by atoms with E-state index in [2.05, 4.69) is 29.1 Å². The number of likely N-dealkylation sites (tertiary alicyclic amines) is 2. The van der Waals surface area contributed by atoms with Crippen molar-refractivity contribution >= 4 is 5.91 Å². The Labute approximate surface area is 152 Å². The van der Waals surface area contributed by atoms with Gasteiger partial charge in [0.1, 0.15) is 12.0 Å². The quantitative estimate of drug-likeness (QED) is 0.894. The molecule has 2 saturated heterocycles. The van der Waals surface area contributed by atoms with Crippen LogP contribution in [-0.4, -0.2) is 54.5 Å². The van der Waals surface area contributed by atoms with E-state index in [1.165, 1.54) is 11.8 Å². The first-order valence-electron chi connectivity index (χ1n) is 8.88. The van der Waals surface area contributed by atoms with Crippen LogP contribution in [0.15, 0.2) is 34.9 Å². The summed E-state index contributed by atoms with van der Waals surface area (Å²) in [6.45, 7) is 2.67. The van der Waals surface area contributed by atoms with Crippen LogP contribution in [-0.2, 0) is 6.54 Å². The van der Waals surface area contributed by atoms with Gasteiger partial charge in [-0.15, -0.1) is 0 Å². The maximum atomic E-state index is 12.7. The number of nitrogens with zero attached hydrogens (tertiary/aromatic N) is 3. The number of hydrogen-bond acceptors (Lipinski definition) is 6. The summed E-state index contributed by atoms with van der Waals surface area (Å²) < 4.78 is 10.5. The van der Waals surface area contributed by atoms with Gasteiger partial charge in [0.05, 0.1) is 13.7 Å². The number of fused-ring (bicyclic) bond motifs is 1. The van der Waals surface area contributed by atoms with Crippen LogP contribution in [0.3, 0.4) is 0 Å². The third kappa shape index (κ3) is 2.87. The number of oxazole rings is 1. The average molecular weight is 356 g/mol. The summed E-state index contributed by atoms with van der Waals surface area (Å²) in [5.74, 6) is 2.06. The van der Waals surface area contributed by atoms with E-state index in [-0.39, 0.29) is 12.5 Å². The second-order valence-electron chi connectivity index (χ2n) is 7.12. The van der Waals surface area contributed by atoms with E-state index in [4.69, 9.17) is 14.9 Å². The Hall–Kier alpha value is -2.38. The number of carbonyl (C=O) groups excluding carboxylic acids is 1. The molecule has 2 fully saturated rings. The Balaban J connectivity index is 1.51. The van der Waals surface area contributed by atoms with Crippen molar-refractivity contribution in [1.82, 2.24) is 14.8 Å². The van der Waals surface area contributed by atoms with Crippen molar-refractivity contribution in [2.45, 2.75) is 12.6 Å². The highest BCUT2D eigenvalue weighted by molar-refractivity contribution is 5.92. The van der Waals surface area contributed by atoms with E-state index in [1.54, 1.807) is 7.11 Å². The van der Waals surface area contributed by atoms with Crippen LogP contribution < -0.4 is 10.5 Å². The molecule has 3 atom stereocenters. The van der Waals surface area contributed by atoms with Crippen molar-refractivity contribution in [3.8, 4) is 5.75 Å². The van der Waals surface area contributed by atoms with Gasteiger partial charge in [-0.2, -0.15) is 0 Å². The molecule has 138 valence electrons. The molecule has 1 aromatic heterocycles. The second kappa shape index (κ2) is 6.74. The highest BCUT2D eigenvalue weighted by Crippen LogP contribution is 2.44. The van der Waals surface area contributed by atoms with E-state index in [1.807, 2.05) is 17.0 Å². The fourth-order valence-electron chi connectivity index (χ4n) is 4.39. The van der Waals surface area contributed by atoms with Crippen molar-refractivity contribution in [3.63, 3.8) is 0 Å². The molecular weight excluding hydrogens is 332 g/mol. The number of amides is 1. The number of methoxy groups -OCH3 is 1. The summed E-state index contributed by atoms with van der Waals surface area (Å²) in [5, 5.41) is 0. The lowest BCUT2D eigenvalue weighted by atomic mass is 9.89. The molecule has 1 aromatic carbocycles. The smallest absolute Gasteiger partial charge is 0.275 e. The fourth-order valence-corrected chi connectivity index (χ4v) is 4.39. The third-order valence-electron chi connectivity index (χ3n) is 5.58. The van der Waals surface area contributed by atoms with E-state index in [9.17, 15) is 4.79 Å². The molecule has 0 aliphatic carbocycles. The van der Waals surface area contributed by atoms with Crippen LogP contribution in [0, 0.1) is 11.8 Å². The Bertz CT molecular complexity index is 788. The molecule has 1 amide bonds. The van der Waals surface area contributed by atoms with Crippen LogP contribution in [0.1, 0.15) is 28.0 Å². The number of carbonyl (C=O) groups is 1. The van der Waals surface area contributed by atoms with Gasteiger partial charge in [-0.3, -0.25) is 9.69 Å². The summed E-state index contributed by atoms with van der Waals surface area (Å²) >= 11 is 0. The third-order valence-corrected chi connectivity index (χ3v) is 5.58. The maximum absolute atomic E-state index is 12.7. The zero-order chi connectivity index (χ0) is 18.3. The van der Waals surface area contributed by atoms with Crippen molar-refractivity contribution in [1.29, 1.82) is 0 Å². The van der Waals surface area contributed by atoms with Crippen molar-refractivity contribution < 1.29 is 13.9 Å². The van der Waals surface area contributed by atoms with Gasteiger partial charge >= 0.3 is 0 Å². The maximum Gasteiger partial charge on any atom is 0.275 e. The summed E-state index contributed by atoms with van der Waals surface area (Å²) in [4.78, 5) is 21.2. The molecule has 4 rings (SSSR count). The fraction of sp³-hybridized carbons (Fsp3) is 0.474. The summed E-state index contributed by atoms with van der Waals surface area (Å²) in [5.41, 5.74) is 7.13. The molecule has 0 radical (unpaired) electrons. The predicted octanol–water partition coefficient (Wildman–Crippen LogP) is 1.52. The molecule has 2 aliphatic heterocycles. The number of aromatic nitrogens is 1. The molecule has 7 heteroatoms. The van der Waals surface area contributed by atoms with E-state index in [0.717, 1.165) is 25.4 Å². The van der Waals surface area contributed by atoms with Gasteiger partial charge < -0.3 is 19.8 Å². The summed E-state index contributed by atoms with van der Waals surface area (Å²) in [6, 6.07) is 8.55. The van der Waals surface area contributed by atoms with Gasteiger partial charge in [-0.25, -0.2) is 4.98 Å². The average Bonchev–Trinajstić information content (AvgIpc) is 3.35. The molecule has 2 aliphatic rings. The second-order valence-corrected chi connectivity index (χ2v) is 7.12. The van der Waals surface area contributed by atoms with Crippen LogP contribution in [0.4, 0.5) is 0 Å². The highest BCUT2D eigenvalue weighted by Gasteiger charge is 2.47. The van der Waals surface area contributed by atoms with Crippen molar-refractivity contribution in [2.24, 2.45) is 17.6 Å². The molecule has 26 heavy (non-hydrogen) atoms. The van der Waals surface area contributed by atoms with Crippen LogP contribution >= 0.6 is 0 Å². The molecule has 0 saturated carbocycles. The van der Waals surface area contributed by atoms with Crippen molar-refractivity contribution in [3.05, 3.63) is 47.7 Å². The minimum absolute atomic E-state index is 0.0704. The zero-order valence-corrected chi connectivity index (χ0v) is 15.1. The minimum atomic E-state index is -0.0704. The van der Waals surface area contributed by atoms with Gasteiger partial charge in [0.15, 0.2) is 5.69 Å². The Morgan fingerprint density at radius 1 is 1.31 bits per heavy atom. The predicted molar refractivity (Wildman–Crippen MR) is 95.6 cm³/mol. The van der Waals surface area contributed by atoms with E-state index >= 15 is 0 Å². The largest absolute Gasteiger partial charge is 0.497 e. The molecule has 3 heterocycles. The number of benzene rings is 1. The Morgan fingerprint density at radius 3 is 2.73 bits per heavy atom. The van der Waals surface area contributed by atoms with E-state index in [0.29, 0.717) is 29.5 Å². The van der Waals surface area contributed by atoms with Crippen molar-refractivity contribution in [2.75, 3.05) is 33.8 Å². The minimum Gasteiger partial charge on any atom is -0.497 e. The SMILES string of the molecule is COc1ccc([C@@H]2[C@@H]3CN(C(=O)c4coc(CN)n4)C[C@@H]3CN2C)cc1. The Kier molecular flexibility index (Phi) is 4.42. The lowest BCUT2D eigenvalue weighted by Crippen LogP contribution is -2.33. The Morgan fingerprint density at radius 2 is 2.08 bits per heavy atom. The molecular formula is C19H24N4O3. The normalized spacial score (nSPS) is 25.5. The van der Waals surface area contributed by atoms with Gasteiger partial charge in [0, 0.05) is 31.6 Å². The van der Waals surface area contributed by atoms with Crippen LogP contribution in [0.25, 0.3) is 0 Å². The van der Waals surface area contributed by atoms with Gasteiger partial charge in [-0.05, 0) is 30.7 Å². The first-order chi connectivity index (χ1) is 12.6. The highest BCUT2D eigenvalue weighted by atomic mass is 16.5. The molecule has 2 N–H and O–H groups in total. The van der Waals surface area contributed by atoms with Crippen LogP contribution in [0.5, 0.6) is 5.75 Å². The number of hydrogen-bond donors (Lipinski definition) is 1. The molecule has 0 unspecified atom stereocenters. The summed E-state index contributed by atoms with van der Waals surface area (Å²) in [6.07, 6.45) is 1.41. The monoisotopic (exact) mass is 356 g/mol. The van der Waals surface area contributed by atoms with E-state index < -0.39 is 0 Å². The number of ether oxygens (including phenoxy) is 1. The first kappa shape index (κ1) is 17.1. The van der Waals surface area contributed by atoms with Gasteiger partial charge in [0.2, 0.25) is 5.89 Å². The molecule has 0 bridgehead atoms. The number of rotatable bonds is 4. The lowest BCUT2D eigenvalue weighted by molar-refractivity contribution is 0.0762. The zero-order valence-electron chi connectivity index (χ0n) is 15.1. The van der Waals surface area contributed by atoms with Gasteiger partial charge in [0.25, 0.3) is 5.91 Å². The molecule has 0 spiro atoms. The molecule has 7 nitrogen and oxygen atoms in total. The van der Waals surface area contributed by atoms with Crippen LogP contribution in [0.2, 0.25) is 0 Å². The topological polar surface area (TPSA) is 84.8 Å². The standard InChI is InChI=1S/C19H24N4O3/c1-22-8-13-9-23(19(24)16-11-26-17(7-20)21-16)10-15(13)18(22)12-3-5-14(25-2)6-4-12/h3-6,11,13,15,18H,7-10,20H2,1-2H3/t13-,15+,18+/m0/s1. The molecule has 2 aromatic rings. The number of nitrogens with two attached hydrogens (primary N) is 1.